The summed E-state index contributed by atoms with van der Waals surface area (Å²) < 4.78 is 5.20. The fourth-order valence-electron chi connectivity index (χ4n) is 2.20. The van der Waals surface area contributed by atoms with Crippen molar-refractivity contribution in [3.05, 3.63) is 33.8 Å². The Hall–Kier alpha value is -1.46. The van der Waals surface area contributed by atoms with Gasteiger partial charge in [-0.1, -0.05) is 23.2 Å². The van der Waals surface area contributed by atoms with E-state index in [1.54, 1.807) is 6.07 Å². The van der Waals surface area contributed by atoms with Crippen LogP contribution in [0.5, 0.6) is 0 Å². The smallest absolute Gasteiger partial charge is 0.339 e. The van der Waals surface area contributed by atoms with Crippen LogP contribution >= 0.6 is 23.2 Å². The van der Waals surface area contributed by atoms with Crippen molar-refractivity contribution in [1.29, 1.82) is 0 Å². The fraction of sp³-hybridized carbons (Fsp3) is 0.385. The zero-order chi connectivity index (χ0) is 14.7. The summed E-state index contributed by atoms with van der Waals surface area (Å²) in [6.07, 6.45) is 1.62. The van der Waals surface area contributed by atoms with Gasteiger partial charge in [0.15, 0.2) is 0 Å². The molecule has 1 atom stereocenters. The summed E-state index contributed by atoms with van der Waals surface area (Å²) in [6, 6.07) is 3.89. The molecule has 2 amide bonds. The first kappa shape index (κ1) is 14.9. The lowest BCUT2D eigenvalue weighted by atomic mass is 10.2. The number of nitrogens with two attached hydrogens (primary N) is 1. The molecule has 108 valence electrons. The molecule has 1 heterocycles. The van der Waals surface area contributed by atoms with Crippen LogP contribution in [0.3, 0.4) is 0 Å². The molecule has 20 heavy (non-hydrogen) atoms. The minimum Gasteiger partial charge on any atom is -0.460 e. The van der Waals surface area contributed by atoms with Crippen molar-refractivity contribution < 1.29 is 14.3 Å². The number of urea groups is 1. The molecule has 5 nitrogen and oxygen atoms in total. The Bertz CT molecular complexity index is 536. The molecule has 2 rings (SSSR count). The summed E-state index contributed by atoms with van der Waals surface area (Å²) in [6.45, 7) is 0.708. The Morgan fingerprint density at radius 3 is 2.80 bits per heavy atom. The second-order valence-corrected chi connectivity index (χ2v) is 5.39. The second-order valence-electron chi connectivity index (χ2n) is 4.55. The van der Waals surface area contributed by atoms with E-state index in [1.807, 2.05) is 0 Å². The molecule has 2 N–H and O–H groups in total. The standard InChI is InChI=1S/C13H14Cl2N2O3/c14-8-3-4-10(11(15)6-8)12(18)20-7-9-2-1-5-17(9)13(16)19/h3-4,6,9H,1-2,5,7H2,(H2,16,19)/t9-/m0/s1. The lowest BCUT2D eigenvalue weighted by molar-refractivity contribution is 0.0422. The number of carbonyl (C=O) groups is 2. The number of amides is 2. The number of carbonyl (C=O) groups excluding carboxylic acids is 2. The highest BCUT2D eigenvalue weighted by molar-refractivity contribution is 6.36. The van der Waals surface area contributed by atoms with Gasteiger partial charge in [0, 0.05) is 11.6 Å². The van der Waals surface area contributed by atoms with Gasteiger partial charge in [0.25, 0.3) is 0 Å². The Morgan fingerprint density at radius 1 is 1.40 bits per heavy atom. The second kappa shape index (κ2) is 6.33. The summed E-state index contributed by atoms with van der Waals surface area (Å²) in [5, 5.41) is 0.683. The molecule has 0 bridgehead atoms. The lowest BCUT2D eigenvalue weighted by Gasteiger charge is -2.22. The maximum absolute atomic E-state index is 11.9. The van der Waals surface area contributed by atoms with E-state index in [4.69, 9.17) is 33.7 Å². The van der Waals surface area contributed by atoms with Crippen molar-refractivity contribution in [2.75, 3.05) is 13.2 Å². The lowest BCUT2D eigenvalue weighted by Crippen LogP contribution is -2.41. The van der Waals surface area contributed by atoms with E-state index in [1.165, 1.54) is 17.0 Å². The van der Waals surface area contributed by atoms with Crippen LogP contribution < -0.4 is 5.73 Å². The van der Waals surface area contributed by atoms with Crippen LogP contribution in [0.4, 0.5) is 4.79 Å². The molecule has 7 heteroatoms. The minimum atomic E-state index is -0.539. The van der Waals surface area contributed by atoms with Gasteiger partial charge in [0.05, 0.1) is 16.6 Å². The number of hydrogen-bond donors (Lipinski definition) is 1. The average Bonchev–Trinajstić information content (AvgIpc) is 2.84. The van der Waals surface area contributed by atoms with Gasteiger partial charge in [-0.15, -0.1) is 0 Å². The number of nitrogens with zero attached hydrogens (tertiary/aromatic N) is 1. The zero-order valence-corrected chi connectivity index (χ0v) is 12.2. The van der Waals surface area contributed by atoms with Crippen LogP contribution in [0, 0.1) is 0 Å². The van der Waals surface area contributed by atoms with E-state index in [2.05, 4.69) is 0 Å². The van der Waals surface area contributed by atoms with Gasteiger partial charge in [-0.3, -0.25) is 0 Å². The van der Waals surface area contributed by atoms with Gasteiger partial charge in [0.1, 0.15) is 6.61 Å². The van der Waals surface area contributed by atoms with Gasteiger partial charge in [-0.05, 0) is 31.0 Å². The van der Waals surface area contributed by atoms with Crippen molar-refractivity contribution in [2.45, 2.75) is 18.9 Å². The predicted octanol–water partition coefficient (Wildman–Crippen LogP) is 2.69. The number of hydrogen-bond acceptors (Lipinski definition) is 3. The number of benzene rings is 1. The molecule has 1 saturated heterocycles. The molecule has 0 aromatic heterocycles. The van der Waals surface area contributed by atoms with Gasteiger partial charge < -0.3 is 15.4 Å². The first-order valence-electron chi connectivity index (χ1n) is 6.17. The third kappa shape index (κ3) is 3.35. The quantitative estimate of drug-likeness (QED) is 0.871. The molecule has 0 aliphatic carbocycles. The van der Waals surface area contributed by atoms with Crippen molar-refractivity contribution in [1.82, 2.24) is 4.90 Å². The van der Waals surface area contributed by atoms with E-state index < -0.39 is 12.0 Å². The maximum Gasteiger partial charge on any atom is 0.339 e. The molecular weight excluding hydrogens is 303 g/mol. The van der Waals surface area contributed by atoms with E-state index in [0.29, 0.717) is 11.6 Å². The summed E-state index contributed by atoms with van der Waals surface area (Å²) >= 11 is 11.7. The van der Waals surface area contributed by atoms with Crippen LogP contribution in [-0.2, 0) is 4.74 Å². The average molecular weight is 317 g/mol. The van der Waals surface area contributed by atoms with Crippen LogP contribution in [-0.4, -0.2) is 36.1 Å². The molecular formula is C13H14Cl2N2O3. The van der Waals surface area contributed by atoms with Crippen molar-refractivity contribution >= 4 is 35.2 Å². The Balaban J connectivity index is 1.97. The van der Waals surface area contributed by atoms with Crippen molar-refractivity contribution in [3.8, 4) is 0 Å². The van der Waals surface area contributed by atoms with Crippen LogP contribution in [0.25, 0.3) is 0 Å². The summed E-state index contributed by atoms with van der Waals surface area (Å²) in [5.41, 5.74) is 5.51. The van der Waals surface area contributed by atoms with Gasteiger partial charge >= 0.3 is 12.0 Å². The fourth-order valence-corrected chi connectivity index (χ4v) is 2.69. The highest BCUT2D eigenvalue weighted by Gasteiger charge is 2.28. The maximum atomic E-state index is 11.9. The summed E-state index contributed by atoms with van der Waals surface area (Å²) in [4.78, 5) is 24.6. The van der Waals surface area contributed by atoms with Crippen LogP contribution in [0.1, 0.15) is 23.2 Å². The first-order valence-corrected chi connectivity index (χ1v) is 6.93. The van der Waals surface area contributed by atoms with Crippen molar-refractivity contribution in [2.24, 2.45) is 5.73 Å². The van der Waals surface area contributed by atoms with Gasteiger partial charge in [0.2, 0.25) is 0 Å². The molecule has 0 unspecified atom stereocenters. The third-order valence-electron chi connectivity index (χ3n) is 3.22. The monoisotopic (exact) mass is 316 g/mol. The number of halogens is 2. The summed E-state index contributed by atoms with van der Waals surface area (Å²) in [7, 11) is 0. The van der Waals surface area contributed by atoms with Crippen molar-refractivity contribution in [3.63, 3.8) is 0 Å². The van der Waals surface area contributed by atoms with E-state index in [0.717, 1.165) is 12.8 Å². The number of likely N-dealkylation sites (tertiary alicyclic amines) is 1. The first-order chi connectivity index (χ1) is 9.49. The highest BCUT2D eigenvalue weighted by Crippen LogP contribution is 2.22. The van der Waals surface area contributed by atoms with Gasteiger partial charge in [-0.25, -0.2) is 9.59 Å². The van der Waals surface area contributed by atoms with Crippen LogP contribution in [0.2, 0.25) is 10.0 Å². The highest BCUT2D eigenvalue weighted by atomic mass is 35.5. The Morgan fingerprint density at radius 2 is 2.15 bits per heavy atom. The van der Waals surface area contributed by atoms with E-state index in [9.17, 15) is 9.59 Å². The number of esters is 1. The Kier molecular flexibility index (Phi) is 4.73. The predicted molar refractivity (Wildman–Crippen MR) is 76.1 cm³/mol. The summed E-state index contributed by atoms with van der Waals surface area (Å²) in [5.74, 6) is -0.539. The topological polar surface area (TPSA) is 72.6 Å². The molecule has 1 aromatic rings. The largest absolute Gasteiger partial charge is 0.460 e. The van der Waals surface area contributed by atoms with Gasteiger partial charge in [-0.2, -0.15) is 0 Å². The molecule has 1 aromatic carbocycles. The molecule has 0 spiro atoms. The van der Waals surface area contributed by atoms with E-state index in [-0.39, 0.29) is 23.2 Å². The molecule has 0 radical (unpaired) electrons. The molecule has 1 aliphatic heterocycles. The molecule has 1 fully saturated rings. The Labute approximate surface area is 126 Å². The van der Waals surface area contributed by atoms with E-state index >= 15 is 0 Å². The SMILES string of the molecule is NC(=O)N1CCC[C@H]1COC(=O)c1ccc(Cl)cc1Cl. The zero-order valence-electron chi connectivity index (χ0n) is 10.6. The molecule has 0 saturated carbocycles. The molecule has 1 aliphatic rings. The third-order valence-corrected chi connectivity index (χ3v) is 3.77. The number of rotatable bonds is 3. The van der Waals surface area contributed by atoms with Crippen LogP contribution in [0.15, 0.2) is 18.2 Å². The normalized spacial score (nSPS) is 18.1. The number of primary amides is 1. The minimum absolute atomic E-state index is 0.112. The number of ether oxygens (including phenoxy) is 1.